The Kier molecular flexibility index (Phi) is 7.87. The summed E-state index contributed by atoms with van der Waals surface area (Å²) in [7, 11) is 1.65. The second-order valence-corrected chi connectivity index (χ2v) is 7.09. The Hall–Kier alpha value is -3.54. The third-order valence-corrected chi connectivity index (χ3v) is 4.96. The van der Waals surface area contributed by atoms with Crippen LogP contribution in [0.4, 0.5) is 0 Å². The molecule has 6 heteroatoms. The molecule has 0 fully saturated rings. The van der Waals surface area contributed by atoms with E-state index in [1.807, 2.05) is 42.5 Å². The zero-order valence-corrected chi connectivity index (χ0v) is 18.0. The van der Waals surface area contributed by atoms with Gasteiger partial charge in [-0.2, -0.15) is 0 Å². The number of allylic oxidation sites excluding steroid dienone is 1. The molecule has 6 nitrogen and oxygen atoms in total. The first-order valence-corrected chi connectivity index (χ1v) is 10.4. The van der Waals surface area contributed by atoms with Crippen molar-refractivity contribution in [3.05, 3.63) is 79.2 Å². The normalized spacial score (nSPS) is 10.6. The fourth-order valence-corrected chi connectivity index (χ4v) is 3.47. The monoisotopic (exact) mass is 419 g/mol. The number of fused-ring (bicyclic) bond motifs is 1. The van der Waals surface area contributed by atoms with Crippen molar-refractivity contribution in [2.45, 2.75) is 25.8 Å². The van der Waals surface area contributed by atoms with Gasteiger partial charge in [-0.15, -0.1) is 6.58 Å². The molecule has 0 aliphatic rings. The van der Waals surface area contributed by atoms with Crippen LogP contribution >= 0.6 is 0 Å². The van der Waals surface area contributed by atoms with Crippen LogP contribution in [-0.2, 0) is 24.2 Å². The number of imidazole rings is 1. The molecule has 0 radical (unpaired) electrons. The maximum Gasteiger partial charge on any atom is 0.243 e. The van der Waals surface area contributed by atoms with Gasteiger partial charge in [0.25, 0.3) is 0 Å². The first kappa shape index (κ1) is 22.2. The highest BCUT2D eigenvalue weighted by molar-refractivity contribution is 5.86. The van der Waals surface area contributed by atoms with Crippen molar-refractivity contribution in [1.29, 1.82) is 0 Å². The van der Waals surface area contributed by atoms with Crippen LogP contribution < -0.4 is 14.8 Å². The van der Waals surface area contributed by atoms with Crippen LogP contribution in [-0.4, -0.2) is 35.7 Å². The molecule has 0 bridgehead atoms. The minimum absolute atomic E-state index is 0.177. The second-order valence-electron chi connectivity index (χ2n) is 7.09. The van der Waals surface area contributed by atoms with Gasteiger partial charge in [-0.05, 0) is 48.7 Å². The maximum atomic E-state index is 11.4. The predicted octanol–water partition coefficient (Wildman–Crippen LogP) is 4.09. The Morgan fingerprint density at radius 1 is 1.19 bits per heavy atom. The zero-order chi connectivity index (χ0) is 22.1. The van der Waals surface area contributed by atoms with Gasteiger partial charge in [-0.3, -0.25) is 4.79 Å². The van der Waals surface area contributed by atoms with E-state index in [9.17, 15) is 4.79 Å². The SMILES string of the molecule is C=CCc1ccc(OCCCn2c(CCNC(=O)C=C)nc3ccccc32)c(OC)c1. The van der Waals surface area contributed by atoms with Gasteiger partial charge >= 0.3 is 0 Å². The molecule has 0 atom stereocenters. The highest BCUT2D eigenvalue weighted by atomic mass is 16.5. The zero-order valence-electron chi connectivity index (χ0n) is 18.0. The number of hydrogen-bond acceptors (Lipinski definition) is 4. The van der Waals surface area contributed by atoms with E-state index in [1.54, 1.807) is 7.11 Å². The Bertz CT molecular complexity index is 1060. The largest absolute Gasteiger partial charge is 0.493 e. The van der Waals surface area contributed by atoms with Crippen LogP contribution in [0.15, 0.2) is 67.8 Å². The summed E-state index contributed by atoms with van der Waals surface area (Å²) in [5.74, 6) is 2.23. The van der Waals surface area contributed by atoms with Gasteiger partial charge in [-0.1, -0.05) is 30.9 Å². The van der Waals surface area contributed by atoms with Gasteiger partial charge in [0.2, 0.25) is 5.91 Å². The number of aromatic nitrogens is 2. The number of rotatable bonds is 12. The minimum atomic E-state index is -0.177. The topological polar surface area (TPSA) is 65.4 Å². The molecule has 1 heterocycles. The average Bonchev–Trinajstić information content (AvgIpc) is 3.14. The summed E-state index contributed by atoms with van der Waals surface area (Å²) in [5, 5.41) is 2.81. The molecule has 1 amide bonds. The van der Waals surface area contributed by atoms with E-state index in [-0.39, 0.29) is 5.91 Å². The molecular formula is C25H29N3O3. The van der Waals surface area contributed by atoms with Crippen LogP contribution in [0.1, 0.15) is 17.8 Å². The van der Waals surface area contributed by atoms with Gasteiger partial charge in [0, 0.05) is 19.5 Å². The van der Waals surface area contributed by atoms with Crippen molar-refractivity contribution in [1.82, 2.24) is 14.9 Å². The highest BCUT2D eigenvalue weighted by Crippen LogP contribution is 2.28. The van der Waals surface area contributed by atoms with Crippen LogP contribution in [0.2, 0.25) is 0 Å². The molecule has 3 aromatic rings. The number of methoxy groups -OCH3 is 1. The van der Waals surface area contributed by atoms with Crippen LogP contribution in [0.3, 0.4) is 0 Å². The molecule has 162 valence electrons. The summed E-state index contributed by atoms with van der Waals surface area (Å²) in [6.07, 6.45) is 5.39. The van der Waals surface area contributed by atoms with E-state index >= 15 is 0 Å². The van der Waals surface area contributed by atoms with Crippen LogP contribution in [0.25, 0.3) is 11.0 Å². The Labute approximate surface area is 183 Å². The smallest absolute Gasteiger partial charge is 0.243 e. The third-order valence-electron chi connectivity index (χ3n) is 4.96. The third kappa shape index (κ3) is 5.75. The summed E-state index contributed by atoms with van der Waals surface area (Å²) in [5.41, 5.74) is 3.17. The number of nitrogens with zero attached hydrogens (tertiary/aromatic N) is 2. The fraction of sp³-hybridized carbons (Fsp3) is 0.280. The van der Waals surface area contributed by atoms with Crippen LogP contribution in [0.5, 0.6) is 11.5 Å². The number of ether oxygens (including phenoxy) is 2. The summed E-state index contributed by atoms with van der Waals surface area (Å²) in [4.78, 5) is 16.2. The van der Waals surface area contributed by atoms with E-state index < -0.39 is 0 Å². The summed E-state index contributed by atoms with van der Waals surface area (Å²) in [6.45, 7) is 9.08. The lowest BCUT2D eigenvalue weighted by molar-refractivity contribution is -0.116. The van der Waals surface area contributed by atoms with Gasteiger partial charge in [0.1, 0.15) is 5.82 Å². The summed E-state index contributed by atoms with van der Waals surface area (Å²) >= 11 is 0. The van der Waals surface area contributed by atoms with E-state index in [1.165, 1.54) is 6.08 Å². The van der Waals surface area contributed by atoms with Crippen molar-refractivity contribution in [2.75, 3.05) is 20.3 Å². The van der Waals surface area contributed by atoms with Crippen molar-refractivity contribution in [3.8, 4) is 11.5 Å². The number of aryl methyl sites for hydroxylation is 1. The second kappa shape index (κ2) is 11.0. The number of benzene rings is 2. The van der Waals surface area contributed by atoms with Crippen molar-refractivity contribution in [3.63, 3.8) is 0 Å². The van der Waals surface area contributed by atoms with Gasteiger partial charge in [0.15, 0.2) is 11.5 Å². The Morgan fingerprint density at radius 3 is 2.81 bits per heavy atom. The first-order chi connectivity index (χ1) is 15.2. The average molecular weight is 420 g/mol. The quantitative estimate of drug-likeness (QED) is 0.273. The number of para-hydroxylation sites is 2. The maximum absolute atomic E-state index is 11.4. The van der Waals surface area contributed by atoms with E-state index in [0.29, 0.717) is 19.6 Å². The Morgan fingerprint density at radius 2 is 2.03 bits per heavy atom. The van der Waals surface area contributed by atoms with Gasteiger partial charge in [-0.25, -0.2) is 4.98 Å². The molecule has 0 saturated carbocycles. The first-order valence-electron chi connectivity index (χ1n) is 10.4. The van der Waals surface area contributed by atoms with Crippen molar-refractivity contribution < 1.29 is 14.3 Å². The Balaban J connectivity index is 1.64. The standard InChI is InChI=1S/C25H29N3O3/c1-4-9-19-12-13-22(23(18-19)30-3)31-17-8-16-28-21-11-7-6-10-20(21)27-24(28)14-15-26-25(29)5-2/h4-7,10-13,18H,1-2,8-9,14-17H2,3H3,(H,26,29). The minimum Gasteiger partial charge on any atom is -0.493 e. The van der Waals surface area contributed by atoms with Gasteiger partial charge in [0.05, 0.1) is 24.8 Å². The van der Waals surface area contributed by atoms with Crippen LogP contribution in [0, 0.1) is 0 Å². The van der Waals surface area contributed by atoms with E-state index in [2.05, 4.69) is 29.1 Å². The number of carbonyl (C=O) groups excluding carboxylic acids is 1. The predicted molar refractivity (Wildman–Crippen MR) is 124 cm³/mol. The molecule has 0 spiro atoms. The summed E-state index contributed by atoms with van der Waals surface area (Å²) in [6, 6.07) is 14.0. The van der Waals surface area contributed by atoms with Crippen molar-refractivity contribution >= 4 is 16.9 Å². The molecule has 1 N–H and O–H groups in total. The summed E-state index contributed by atoms with van der Waals surface area (Å²) < 4.78 is 13.7. The number of nitrogens with one attached hydrogen (secondary N) is 1. The highest BCUT2D eigenvalue weighted by Gasteiger charge is 2.11. The number of carbonyl (C=O) groups is 1. The molecule has 31 heavy (non-hydrogen) atoms. The fourth-order valence-electron chi connectivity index (χ4n) is 3.47. The molecule has 1 aromatic heterocycles. The van der Waals surface area contributed by atoms with Gasteiger partial charge < -0.3 is 19.4 Å². The lowest BCUT2D eigenvalue weighted by atomic mass is 10.1. The number of amides is 1. The van der Waals surface area contributed by atoms with Crippen molar-refractivity contribution in [2.24, 2.45) is 0 Å². The molecular weight excluding hydrogens is 390 g/mol. The molecule has 3 rings (SSSR count). The van der Waals surface area contributed by atoms with E-state index in [0.717, 1.165) is 53.3 Å². The number of hydrogen-bond donors (Lipinski definition) is 1. The molecule has 0 aliphatic carbocycles. The lowest BCUT2D eigenvalue weighted by Crippen LogP contribution is -2.24. The molecule has 0 saturated heterocycles. The lowest BCUT2D eigenvalue weighted by Gasteiger charge is -2.13. The van der Waals surface area contributed by atoms with E-state index in [4.69, 9.17) is 14.5 Å². The molecule has 0 aliphatic heterocycles. The molecule has 0 unspecified atom stereocenters. The molecule has 2 aromatic carbocycles.